The summed E-state index contributed by atoms with van der Waals surface area (Å²) in [7, 11) is 0. The third kappa shape index (κ3) is 3.22. The molecule has 26 heavy (non-hydrogen) atoms. The van der Waals surface area contributed by atoms with Gasteiger partial charge in [-0.2, -0.15) is 0 Å². The molecule has 0 radical (unpaired) electrons. The molecule has 1 aliphatic heterocycles. The molecule has 0 bridgehead atoms. The van der Waals surface area contributed by atoms with E-state index in [1.165, 1.54) is 30.0 Å². The number of amides is 1. The van der Waals surface area contributed by atoms with Crippen LogP contribution in [0.3, 0.4) is 0 Å². The van der Waals surface area contributed by atoms with Crippen LogP contribution in [0.15, 0.2) is 11.0 Å². The lowest BCUT2D eigenvalue weighted by molar-refractivity contribution is 0.0444. The molecule has 2 N–H and O–H groups in total. The lowest BCUT2D eigenvalue weighted by Crippen LogP contribution is -2.52. The van der Waals surface area contributed by atoms with Crippen LogP contribution < -0.4 is 5.43 Å². The second-order valence-electron chi connectivity index (χ2n) is 7.73. The highest BCUT2D eigenvalue weighted by Gasteiger charge is 2.38. The van der Waals surface area contributed by atoms with E-state index in [1.54, 1.807) is 4.90 Å². The van der Waals surface area contributed by atoms with Gasteiger partial charge < -0.3 is 19.7 Å². The molecule has 1 unspecified atom stereocenters. The van der Waals surface area contributed by atoms with Gasteiger partial charge in [0.2, 0.25) is 5.43 Å². The molecule has 2 heterocycles. The number of carboxylic acid groups (broad SMARTS) is 1. The van der Waals surface area contributed by atoms with E-state index in [2.05, 4.69) is 0 Å². The minimum atomic E-state index is -1.40. The Morgan fingerprint density at radius 1 is 1.23 bits per heavy atom. The van der Waals surface area contributed by atoms with Crippen molar-refractivity contribution in [2.24, 2.45) is 5.92 Å². The van der Waals surface area contributed by atoms with Gasteiger partial charge in [0.15, 0.2) is 11.4 Å². The molecule has 142 valence electrons. The Morgan fingerprint density at radius 3 is 2.46 bits per heavy atom. The summed E-state index contributed by atoms with van der Waals surface area (Å²) in [5, 5.41) is 19.4. The quantitative estimate of drug-likeness (QED) is 0.857. The number of carbonyl (C=O) groups excluding carboxylic acids is 1. The number of nitrogens with zero attached hydrogens (tertiary/aromatic N) is 2. The zero-order valence-electron chi connectivity index (χ0n) is 15.3. The summed E-state index contributed by atoms with van der Waals surface area (Å²) in [4.78, 5) is 38.1. The summed E-state index contributed by atoms with van der Waals surface area (Å²) >= 11 is 0. The van der Waals surface area contributed by atoms with Gasteiger partial charge in [0, 0.05) is 18.8 Å². The van der Waals surface area contributed by atoms with Crippen molar-refractivity contribution in [3.8, 4) is 5.75 Å². The summed E-state index contributed by atoms with van der Waals surface area (Å²) in [6, 6.07) is -0.139. The van der Waals surface area contributed by atoms with Crippen LogP contribution in [0, 0.1) is 5.92 Å². The first kappa shape index (κ1) is 18.5. The number of aromatic carboxylic acids is 1. The summed E-state index contributed by atoms with van der Waals surface area (Å²) in [6.45, 7) is 4.23. The predicted octanol–water partition coefficient (Wildman–Crippen LogP) is 2.46. The largest absolute Gasteiger partial charge is 0.503 e. The van der Waals surface area contributed by atoms with Crippen molar-refractivity contribution in [1.29, 1.82) is 0 Å². The van der Waals surface area contributed by atoms with E-state index in [4.69, 9.17) is 0 Å². The highest BCUT2D eigenvalue weighted by Crippen LogP contribution is 2.33. The minimum Gasteiger partial charge on any atom is -0.503 e. The molecular formula is C19H26N2O5. The Hall–Kier alpha value is -2.31. The van der Waals surface area contributed by atoms with Gasteiger partial charge in [-0.3, -0.25) is 9.59 Å². The maximum atomic E-state index is 13.0. The number of rotatable bonds is 4. The van der Waals surface area contributed by atoms with Crippen LogP contribution in [-0.2, 0) is 6.54 Å². The summed E-state index contributed by atoms with van der Waals surface area (Å²) in [5.74, 6) is -2.02. The molecular weight excluding hydrogens is 336 g/mol. The fraction of sp³-hybridized carbons (Fsp3) is 0.632. The monoisotopic (exact) mass is 362 g/mol. The predicted molar refractivity (Wildman–Crippen MR) is 95.6 cm³/mol. The fourth-order valence-electron chi connectivity index (χ4n) is 4.43. The van der Waals surface area contributed by atoms with Crippen molar-refractivity contribution in [2.45, 2.75) is 71.0 Å². The normalized spacial score (nSPS) is 21.1. The van der Waals surface area contributed by atoms with E-state index in [0.717, 1.165) is 19.3 Å². The van der Waals surface area contributed by atoms with Gasteiger partial charge >= 0.3 is 5.97 Å². The topological polar surface area (TPSA) is 99.8 Å². The van der Waals surface area contributed by atoms with Crippen LogP contribution in [0.25, 0.3) is 0 Å². The van der Waals surface area contributed by atoms with Crippen molar-refractivity contribution < 1.29 is 19.8 Å². The molecule has 7 heteroatoms. The number of carboxylic acids is 1. The lowest BCUT2D eigenvalue weighted by atomic mass is 9.83. The van der Waals surface area contributed by atoms with E-state index in [-0.39, 0.29) is 17.8 Å². The van der Waals surface area contributed by atoms with E-state index in [1.807, 2.05) is 13.8 Å². The molecule has 1 amide bonds. The van der Waals surface area contributed by atoms with Gasteiger partial charge in [-0.05, 0) is 26.2 Å². The van der Waals surface area contributed by atoms with Crippen LogP contribution >= 0.6 is 0 Å². The zero-order chi connectivity index (χ0) is 19.0. The van der Waals surface area contributed by atoms with Gasteiger partial charge in [0.05, 0.1) is 6.04 Å². The molecule has 0 saturated heterocycles. The number of hydrogen-bond acceptors (Lipinski definition) is 4. The standard InChI is InChI=1S/C19H26N2O5/c1-11(2)21-13(8-12-6-4-3-5-7-12)9-20-10-14(19(25)26)16(22)17(23)15(20)18(21)24/h10-13,23H,3-9H2,1-2H3,(H,25,26). The van der Waals surface area contributed by atoms with Crippen LogP contribution in [0.5, 0.6) is 5.75 Å². The Labute approximate surface area is 152 Å². The van der Waals surface area contributed by atoms with Gasteiger partial charge in [0.1, 0.15) is 5.56 Å². The molecule has 3 rings (SSSR count). The molecule has 1 aromatic rings. The fourth-order valence-corrected chi connectivity index (χ4v) is 4.43. The minimum absolute atomic E-state index is 0.0679. The third-order valence-electron chi connectivity index (χ3n) is 5.61. The molecule has 1 fully saturated rings. The Bertz CT molecular complexity index is 777. The van der Waals surface area contributed by atoms with Crippen molar-refractivity contribution >= 4 is 11.9 Å². The molecule has 1 saturated carbocycles. The number of aromatic hydroxyl groups is 1. The summed E-state index contributed by atoms with van der Waals surface area (Å²) in [5.41, 5.74) is -1.62. The smallest absolute Gasteiger partial charge is 0.341 e. The van der Waals surface area contributed by atoms with E-state index >= 15 is 0 Å². The van der Waals surface area contributed by atoms with Crippen molar-refractivity contribution in [1.82, 2.24) is 9.47 Å². The first-order valence-corrected chi connectivity index (χ1v) is 9.33. The van der Waals surface area contributed by atoms with Gasteiger partial charge in [-0.25, -0.2) is 4.79 Å². The van der Waals surface area contributed by atoms with Crippen LogP contribution in [0.1, 0.15) is 73.2 Å². The van der Waals surface area contributed by atoms with Crippen LogP contribution in [0.2, 0.25) is 0 Å². The average molecular weight is 362 g/mol. The van der Waals surface area contributed by atoms with E-state index in [9.17, 15) is 24.6 Å². The SMILES string of the molecule is CC(C)N1C(=O)c2c(O)c(=O)c(C(=O)O)cn2CC1CC1CCCCC1. The number of carbonyl (C=O) groups is 2. The molecule has 1 atom stereocenters. The second kappa shape index (κ2) is 7.13. The first-order chi connectivity index (χ1) is 12.3. The van der Waals surface area contributed by atoms with E-state index < -0.39 is 28.6 Å². The highest BCUT2D eigenvalue weighted by molar-refractivity contribution is 5.97. The van der Waals surface area contributed by atoms with Crippen LogP contribution in [-0.4, -0.2) is 43.6 Å². The zero-order valence-corrected chi connectivity index (χ0v) is 15.3. The maximum Gasteiger partial charge on any atom is 0.341 e. The average Bonchev–Trinajstić information content (AvgIpc) is 2.58. The Morgan fingerprint density at radius 2 is 1.88 bits per heavy atom. The number of pyridine rings is 1. The highest BCUT2D eigenvalue weighted by atomic mass is 16.4. The van der Waals surface area contributed by atoms with Gasteiger partial charge in [-0.1, -0.05) is 32.1 Å². The Balaban J connectivity index is 2.01. The summed E-state index contributed by atoms with van der Waals surface area (Å²) in [6.07, 6.45) is 8.04. The maximum absolute atomic E-state index is 13.0. The molecule has 0 aromatic carbocycles. The first-order valence-electron chi connectivity index (χ1n) is 9.33. The van der Waals surface area contributed by atoms with Crippen molar-refractivity contribution in [3.63, 3.8) is 0 Å². The summed E-state index contributed by atoms with van der Waals surface area (Å²) < 4.78 is 1.45. The molecule has 7 nitrogen and oxygen atoms in total. The second-order valence-corrected chi connectivity index (χ2v) is 7.73. The van der Waals surface area contributed by atoms with Crippen molar-refractivity contribution in [2.75, 3.05) is 0 Å². The van der Waals surface area contributed by atoms with Gasteiger partial charge in [0.25, 0.3) is 5.91 Å². The van der Waals surface area contributed by atoms with E-state index in [0.29, 0.717) is 12.5 Å². The van der Waals surface area contributed by atoms with Crippen LogP contribution in [0.4, 0.5) is 0 Å². The van der Waals surface area contributed by atoms with Crippen molar-refractivity contribution in [3.05, 3.63) is 27.7 Å². The molecule has 0 spiro atoms. The lowest BCUT2D eigenvalue weighted by Gasteiger charge is -2.42. The molecule has 1 aliphatic carbocycles. The Kier molecular flexibility index (Phi) is 5.07. The number of aromatic nitrogens is 1. The third-order valence-corrected chi connectivity index (χ3v) is 5.61. The molecule has 2 aliphatic rings. The number of fused-ring (bicyclic) bond motifs is 1. The number of hydrogen-bond donors (Lipinski definition) is 2. The molecule has 1 aromatic heterocycles. The van der Waals surface area contributed by atoms with Gasteiger partial charge in [-0.15, -0.1) is 0 Å².